The quantitative estimate of drug-likeness (QED) is 0.108. The van der Waals surface area contributed by atoms with Crippen LogP contribution >= 0.6 is 0 Å². The Kier molecular flexibility index (Phi) is 18.4. The normalized spacial score (nSPS) is 45.9. The van der Waals surface area contributed by atoms with E-state index in [2.05, 4.69) is 5.16 Å². The minimum atomic E-state index is -1.97. The van der Waals surface area contributed by atoms with Crippen molar-refractivity contribution in [1.82, 2.24) is 4.90 Å². The highest BCUT2D eigenvalue weighted by atomic mass is 16.7. The van der Waals surface area contributed by atoms with E-state index in [1.807, 2.05) is 32.8 Å². The van der Waals surface area contributed by atoms with E-state index in [4.69, 9.17) is 42.7 Å². The number of hydrogen-bond acceptors (Lipinski definition) is 17. The van der Waals surface area contributed by atoms with Gasteiger partial charge in [-0.05, 0) is 74.9 Å². The fourth-order valence-electron chi connectivity index (χ4n) is 9.00. The Morgan fingerprint density at radius 2 is 1.52 bits per heavy atom. The Labute approximate surface area is 345 Å². The van der Waals surface area contributed by atoms with Gasteiger partial charge in [-0.25, -0.2) is 0 Å². The van der Waals surface area contributed by atoms with E-state index in [0.29, 0.717) is 12.1 Å². The summed E-state index contributed by atoms with van der Waals surface area (Å²) in [4.78, 5) is 21.9. The van der Waals surface area contributed by atoms with Gasteiger partial charge in [0.2, 0.25) is 0 Å². The van der Waals surface area contributed by atoms with Gasteiger partial charge in [0.1, 0.15) is 23.9 Å². The highest BCUT2D eigenvalue weighted by Crippen LogP contribution is 2.41. The molecule has 5 N–H and O–H groups in total. The second kappa shape index (κ2) is 21.0. The third-order valence-corrected chi connectivity index (χ3v) is 12.8. The van der Waals surface area contributed by atoms with Crippen molar-refractivity contribution in [3.63, 3.8) is 0 Å². The van der Waals surface area contributed by atoms with Crippen LogP contribution in [0.3, 0.4) is 0 Å². The number of aliphatic hydroxyl groups is 5. The fourth-order valence-corrected chi connectivity index (χ4v) is 9.00. The van der Waals surface area contributed by atoms with Crippen molar-refractivity contribution < 1.29 is 73.1 Å². The molecule has 17 heteroatoms. The number of carbonyl (C=O) groups is 1. The third kappa shape index (κ3) is 11.7. The first-order chi connectivity index (χ1) is 26.9. The molecule has 0 aromatic rings. The van der Waals surface area contributed by atoms with Crippen LogP contribution in [0.4, 0.5) is 0 Å². The fraction of sp³-hybridized carbons (Fsp3) is 0.951. The molecule has 18 atom stereocenters. The summed E-state index contributed by atoms with van der Waals surface area (Å²) in [6, 6.07) is -0.331. The van der Waals surface area contributed by atoms with Crippen molar-refractivity contribution in [3.8, 4) is 0 Å². The molecule has 0 saturated carbocycles. The van der Waals surface area contributed by atoms with E-state index in [0.717, 1.165) is 0 Å². The van der Waals surface area contributed by atoms with E-state index in [9.17, 15) is 30.3 Å². The monoisotopic (exact) mass is 837 g/mol. The molecule has 3 saturated heterocycles. The molecule has 0 aromatic heterocycles. The smallest absolute Gasteiger partial charge is 0.311 e. The molecule has 0 aliphatic carbocycles. The molecule has 17 nitrogen and oxygen atoms in total. The molecule has 3 aliphatic rings. The minimum Gasteiger partial charge on any atom is -0.459 e. The standard InChI is InChI=1S/C41H76N2O15/c1-16-28-41(10,49)34(45)23(4)31(42-53-20-30(50-13)51-14)21(2)18-39(8,48)36(58-38-32(44)27(43(11)12)17-22(3)54-38)24(5)33(25(6)37(47)56-28)57-29-19-40(9,52-15)35(46)26(7)55-29/h21-30,32-36,38,44-46,48-49H,16-20H2,1-15H3/b42-31+/t21-,22-,23+,24+,25-,26+,27+,28?,29+,32-,33?,34-,35+,36-,38+,39-,40-,41-/m1/s1. The number of oxime groups is 1. The molecule has 0 bridgehead atoms. The Bertz CT molecular complexity index is 1320. The molecule has 0 radical (unpaired) electrons. The SMILES string of the molecule is CCC1OC(=O)[C@H](C)C(O[C@H]2C[C@@](C)(OC)[C@@H](O)[C@H](C)O2)[C@H](C)[C@@H](O[C@@H]2O[C@H](C)C[C@H](N(C)C)[C@H]2O)[C@](C)(O)C[C@@H](C)/C(=N\OCC(OC)OC)[C@H](C)[C@@H](O)[C@]1(C)O. The zero-order valence-electron chi connectivity index (χ0n) is 37.5. The number of esters is 1. The molecule has 340 valence electrons. The highest BCUT2D eigenvalue weighted by molar-refractivity contribution is 5.88. The zero-order chi connectivity index (χ0) is 44.1. The van der Waals surface area contributed by atoms with Gasteiger partial charge < -0.3 is 73.2 Å². The van der Waals surface area contributed by atoms with Crippen LogP contribution in [0.15, 0.2) is 5.16 Å². The molecule has 3 aliphatic heterocycles. The molecule has 0 spiro atoms. The van der Waals surface area contributed by atoms with E-state index < -0.39 is 108 Å². The first-order valence-corrected chi connectivity index (χ1v) is 20.7. The summed E-state index contributed by atoms with van der Waals surface area (Å²) in [6.07, 6.45) is -10.3. The second-order valence-electron chi connectivity index (χ2n) is 17.8. The summed E-state index contributed by atoms with van der Waals surface area (Å²) in [5.74, 6) is -4.17. The summed E-state index contributed by atoms with van der Waals surface area (Å²) < 4.78 is 48.2. The number of hydrogen-bond donors (Lipinski definition) is 5. The second-order valence-corrected chi connectivity index (χ2v) is 17.8. The van der Waals surface area contributed by atoms with E-state index >= 15 is 0 Å². The van der Waals surface area contributed by atoms with Crippen molar-refractivity contribution in [3.05, 3.63) is 0 Å². The first kappa shape index (κ1) is 50.8. The van der Waals surface area contributed by atoms with Gasteiger partial charge in [-0.15, -0.1) is 0 Å². The number of methoxy groups -OCH3 is 3. The molecule has 0 amide bonds. The lowest BCUT2D eigenvalue weighted by Crippen LogP contribution is -2.61. The molecular weight excluding hydrogens is 760 g/mol. The molecule has 2 unspecified atom stereocenters. The van der Waals surface area contributed by atoms with Crippen molar-refractivity contribution in [2.24, 2.45) is 28.8 Å². The van der Waals surface area contributed by atoms with Crippen LogP contribution < -0.4 is 0 Å². The largest absolute Gasteiger partial charge is 0.459 e. The Morgan fingerprint density at radius 3 is 2.07 bits per heavy atom. The van der Waals surface area contributed by atoms with Gasteiger partial charge >= 0.3 is 5.97 Å². The highest BCUT2D eigenvalue weighted by Gasteiger charge is 2.53. The maximum atomic E-state index is 14.3. The summed E-state index contributed by atoms with van der Waals surface area (Å²) in [5.41, 5.74) is -4.51. The maximum Gasteiger partial charge on any atom is 0.311 e. The summed E-state index contributed by atoms with van der Waals surface area (Å²) in [5, 5.41) is 63.7. The first-order valence-electron chi connectivity index (χ1n) is 20.7. The van der Waals surface area contributed by atoms with Crippen LogP contribution in [0.5, 0.6) is 0 Å². The number of likely N-dealkylation sites (N-methyl/N-ethyl adjacent to an activating group) is 1. The van der Waals surface area contributed by atoms with Gasteiger partial charge in [0.05, 0.1) is 53.4 Å². The van der Waals surface area contributed by atoms with Crippen LogP contribution in [-0.2, 0) is 47.5 Å². The molecule has 58 heavy (non-hydrogen) atoms. The lowest BCUT2D eigenvalue weighted by molar-refractivity contribution is -0.317. The summed E-state index contributed by atoms with van der Waals surface area (Å²) in [6.45, 7) is 16.8. The van der Waals surface area contributed by atoms with E-state index in [-0.39, 0.29) is 38.0 Å². The number of nitrogens with zero attached hydrogens (tertiary/aromatic N) is 2. The van der Waals surface area contributed by atoms with Crippen LogP contribution in [-0.4, -0.2) is 175 Å². The van der Waals surface area contributed by atoms with Crippen molar-refractivity contribution in [2.75, 3.05) is 42.0 Å². The predicted molar refractivity (Wildman–Crippen MR) is 212 cm³/mol. The number of rotatable bonds is 12. The number of cyclic esters (lactones) is 1. The van der Waals surface area contributed by atoms with Crippen molar-refractivity contribution in [1.29, 1.82) is 0 Å². The third-order valence-electron chi connectivity index (χ3n) is 12.8. The van der Waals surface area contributed by atoms with Crippen LogP contribution in [0.1, 0.15) is 94.9 Å². The Hall–Kier alpha value is -1.58. The zero-order valence-corrected chi connectivity index (χ0v) is 37.5. The average Bonchev–Trinajstić information content (AvgIpc) is 3.16. The molecular formula is C41H76N2O15. The van der Waals surface area contributed by atoms with Gasteiger partial charge in [-0.3, -0.25) is 4.79 Å². The Balaban J connectivity index is 2.25. The van der Waals surface area contributed by atoms with Gasteiger partial charge in [0.25, 0.3) is 0 Å². The van der Waals surface area contributed by atoms with Crippen LogP contribution in [0.2, 0.25) is 0 Å². The number of aliphatic hydroxyl groups excluding tert-OH is 3. The van der Waals surface area contributed by atoms with Crippen molar-refractivity contribution in [2.45, 2.75) is 185 Å². The minimum absolute atomic E-state index is 0.0372. The molecule has 3 heterocycles. The number of ether oxygens (including phenoxy) is 8. The van der Waals surface area contributed by atoms with Gasteiger partial charge in [-0.2, -0.15) is 0 Å². The summed E-state index contributed by atoms with van der Waals surface area (Å²) in [7, 11) is 8.12. The predicted octanol–water partition coefficient (Wildman–Crippen LogP) is 2.21. The summed E-state index contributed by atoms with van der Waals surface area (Å²) >= 11 is 0. The van der Waals surface area contributed by atoms with Gasteiger partial charge in [-0.1, -0.05) is 32.9 Å². The average molecular weight is 837 g/mol. The van der Waals surface area contributed by atoms with E-state index in [1.54, 1.807) is 48.5 Å². The Morgan fingerprint density at radius 1 is 0.897 bits per heavy atom. The lowest BCUT2D eigenvalue weighted by Gasteiger charge is -2.49. The van der Waals surface area contributed by atoms with Crippen LogP contribution in [0, 0.1) is 23.7 Å². The lowest BCUT2D eigenvalue weighted by atomic mass is 9.73. The van der Waals surface area contributed by atoms with Crippen molar-refractivity contribution >= 4 is 11.7 Å². The maximum absolute atomic E-state index is 14.3. The molecule has 3 fully saturated rings. The topological polar surface area (TPSA) is 217 Å². The van der Waals surface area contributed by atoms with Gasteiger partial charge in [0.15, 0.2) is 25.5 Å². The number of carbonyl (C=O) groups excluding carboxylic acids is 1. The molecule has 0 aromatic carbocycles. The van der Waals surface area contributed by atoms with E-state index in [1.165, 1.54) is 28.3 Å². The van der Waals surface area contributed by atoms with Crippen LogP contribution in [0.25, 0.3) is 0 Å². The molecule has 3 rings (SSSR count). The van der Waals surface area contributed by atoms with Gasteiger partial charge in [0, 0.05) is 51.5 Å².